The first kappa shape index (κ1) is 35.2. The van der Waals surface area contributed by atoms with Gasteiger partial charge >= 0.3 is 0 Å². The lowest BCUT2D eigenvalue weighted by Gasteiger charge is -2.27. The average Bonchev–Trinajstić information content (AvgIpc) is 4.07. The molecule has 4 aromatic rings. The molecule has 8 nitrogen and oxygen atoms in total. The Morgan fingerprint density at radius 1 is 0.729 bits per heavy atom. The van der Waals surface area contributed by atoms with Gasteiger partial charge in [-0.25, -0.2) is 0 Å². The maximum Gasteiger partial charge on any atom is 0.119 e. The Bertz CT molecular complexity index is 1480. The third-order valence-electron chi connectivity index (χ3n) is 8.60. The predicted molar refractivity (Wildman–Crippen MR) is 191 cm³/mol. The van der Waals surface area contributed by atoms with Crippen molar-refractivity contribution in [2.75, 3.05) is 56.3 Å². The molecule has 0 aliphatic carbocycles. The third-order valence-corrected chi connectivity index (χ3v) is 8.60. The fraction of sp³-hybridized carbons (Fsp3) is 0.400. The highest BCUT2D eigenvalue weighted by Gasteiger charge is 2.27. The number of ether oxygens (including phenoxy) is 4. The Labute approximate surface area is 285 Å². The van der Waals surface area contributed by atoms with Crippen molar-refractivity contribution in [2.24, 2.45) is 0 Å². The molecule has 256 valence electrons. The molecule has 2 fully saturated rings. The highest BCUT2D eigenvalue weighted by atomic mass is 16.6. The summed E-state index contributed by atoms with van der Waals surface area (Å²) >= 11 is 0. The number of nitrogens with one attached hydrogen (secondary N) is 1. The predicted octanol–water partition coefficient (Wildman–Crippen LogP) is 6.30. The molecule has 2 heterocycles. The van der Waals surface area contributed by atoms with Crippen molar-refractivity contribution in [3.63, 3.8) is 0 Å². The maximum atomic E-state index is 10.7. The smallest absolute Gasteiger partial charge is 0.119 e. The quantitative estimate of drug-likeness (QED) is 0.114. The van der Waals surface area contributed by atoms with Gasteiger partial charge in [0.2, 0.25) is 0 Å². The van der Waals surface area contributed by atoms with Gasteiger partial charge in [0.05, 0.1) is 31.5 Å². The van der Waals surface area contributed by atoms with Crippen LogP contribution in [0.1, 0.15) is 38.3 Å². The minimum atomic E-state index is -0.630. The number of aliphatic hydroxyl groups excluding tert-OH is 2. The summed E-state index contributed by atoms with van der Waals surface area (Å²) in [4.78, 5) is 2.15. The van der Waals surface area contributed by atoms with Gasteiger partial charge in [-0.05, 0) is 66.1 Å². The number of nitrogens with zero attached hydrogens (tertiary/aromatic N) is 1. The van der Waals surface area contributed by atoms with Crippen molar-refractivity contribution in [1.29, 1.82) is 0 Å². The number of aliphatic hydroxyl groups is 2. The van der Waals surface area contributed by atoms with Gasteiger partial charge in [-0.1, -0.05) is 81.4 Å². The van der Waals surface area contributed by atoms with Crippen LogP contribution >= 0.6 is 0 Å². The number of hydrogen-bond donors (Lipinski definition) is 3. The summed E-state index contributed by atoms with van der Waals surface area (Å²) in [5.41, 5.74) is 4.36. The normalized spacial score (nSPS) is 17.7. The summed E-state index contributed by atoms with van der Waals surface area (Å²) in [6.07, 6.45) is 0.288. The number of hydrogen-bond acceptors (Lipinski definition) is 8. The first-order valence-corrected chi connectivity index (χ1v) is 16.9. The number of anilines is 2. The van der Waals surface area contributed by atoms with Gasteiger partial charge in [-0.15, -0.1) is 0 Å². The molecule has 0 spiro atoms. The Morgan fingerprint density at radius 3 is 1.73 bits per heavy atom. The monoisotopic (exact) mass is 654 g/mol. The molecular formula is C40H50N2O6. The Hall–Kier alpha value is -4.08. The van der Waals surface area contributed by atoms with E-state index in [9.17, 15) is 10.2 Å². The lowest BCUT2D eigenvalue weighted by molar-refractivity contribution is 0.104. The molecule has 0 saturated carbocycles. The van der Waals surface area contributed by atoms with Crippen LogP contribution in [0.4, 0.5) is 11.4 Å². The van der Waals surface area contributed by atoms with Crippen LogP contribution in [0.3, 0.4) is 0 Å². The van der Waals surface area contributed by atoms with Gasteiger partial charge in [0.15, 0.2) is 0 Å². The molecule has 4 unspecified atom stereocenters. The van der Waals surface area contributed by atoms with Crippen molar-refractivity contribution < 1.29 is 29.2 Å². The molecule has 48 heavy (non-hydrogen) atoms. The van der Waals surface area contributed by atoms with Gasteiger partial charge in [0, 0.05) is 36.4 Å². The van der Waals surface area contributed by atoms with Crippen LogP contribution in [-0.4, -0.2) is 80.7 Å². The standard InChI is InChI=1S/C31H39NO5.C9H11NO/c1-4-26(33)20-35-28-14-10-23(11-15-28)31(2,3)24-12-16-29(17-13-24)36-21-27(34)18-32(19-30-22-37-30)25-8-6-5-7-9-25;1-2-4-8(5-3-1)10-6-9-7-11-9/h5-17,26-27,30,33-34H,4,18-22H2,1-3H3;1-5,9-10H,6-7H2. The lowest BCUT2D eigenvalue weighted by Crippen LogP contribution is -2.38. The van der Waals surface area contributed by atoms with Crippen LogP contribution in [0.2, 0.25) is 0 Å². The second-order valence-electron chi connectivity index (χ2n) is 12.9. The highest BCUT2D eigenvalue weighted by Crippen LogP contribution is 2.33. The molecule has 0 radical (unpaired) electrons. The van der Waals surface area contributed by atoms with E-state index in [-0.39, 0.29) is 18.1 Å². The van der Waals surface area contributed by atoms with E-state index in [1.807, 2.05) is 79.7 Å². The van der Waals surface area contributed by atoms with Crippen LogP contribution in [0.25, 0.3) is 0 Å². The van der Waals surface area contributed by atoms with Gasteiger partial charge < -0.3 is 39.4 Å². The van der Waals surface area contributed by atoms with Crippen LogP contribution in [0.15, 0.2) is 109 Å². The summed E-state index contributed by atoms with van der Waals surface area (Å²) in [6, 6.07) is 36.4. The second kappa shape index (κ2) is 17.4. The molecule has 4 atom stereocenters. The first-order valence-electron chi connectivity index (χ1n) is 16.9. The Kier molecular flexibility index (Phi) is 12.7. The van der Waals surface area contributed by atoms with Crippen molar-refractivity contribution in [2.45, 2.75) is 57.0 Å². The van der Waals surface area contributed by atoms with E-state index in [0.29, 0.717) is 25.7 Å². The molecule has 2 aliphatic rings. The molecule has 0 amide bonds. The molecule has 0 aromatic heterocycles. The molecule has 4 aromatic carbocycles. The van der Waals surface area contributed by atoms with Crippen LogP contribution < -0.4 is 19.7 Å². The molecule has 6 rings (SSSR count). The van der Waals surface area contributed by atoms with E-state index in [4.69, 9.17) is 18.9 Å². The molecule has 8 heteroatoms. The third kappa shape index (κ3) is 11.3. The van der Waals surface area contributed by atoms with Crippen molar-refractivity contribution >= 4 is 11.4 Å². The number of rotatable bonds is 17. The lowest BCUT2D eigenvalue weighted by atomic mass is 9.78. The van der Waals surface area contributed by atoms with Gasteiger partial charge in [0.1, 0.15) is 30.8 Å². The van der Waals surface area contributed by atoms with E-state index in [0.717, 1.165) is 49.1 Å². The zero-order valence-corrected chi connectivity index (χ0v) is 28.3. The molecule has 0 bridgehead atoms. The van der Waals surface area contributed by atoms with Crippen molar-refractivity contribution in [3.8, 4) is 11.5 Å². The Balaban J connectivity index is 0.000000343. The largest absolute Gasteiger partial charge is 0.491 e. The van der Waals surface area contributed by atoms with E-state index >= 15 is 0 Å². The first-order chi connectivity index (χ1) is 23.3. The van der Waals surface area contributed by atoms with E-state index in [1.165, 1.54) is 11.3 Å². The van der Waals surface area contributed by atoms with Gasteiger partial charge in [-0.2, -0.15) is 0 Å². The zero-order valence-electron chi connectivity index (χ0n) is 28.3. The summed E-state index contributed by atoms with van der Waals surface area (Å²) in [7, 11) is 0. The van der Waals surface area contributed by atoms with Crippen LogP contribution in [0, 0.1) is 0 Å². The van der Waals surface area contributed by atoms with Gasteiger partial charge in [0.25, 0.3) is 0 Å². The van der Waals surface area contributed by atoms with Crippen molar-refractivity contribution in [1.82, 2.24) is 0 Å². The van der Waals surface area contributed by atoms with E-state index in [2.05, 4.69) is 60.5 Å². The number of para-hydroxylation sites is 2. The number of benzene rings is 4. The fourth-order valence-corrected chi connectivity index (χ4v) is 5.23. The maximum absolute atomic E-state index is 10.7. The zero-order chi connectivity index (χ0) is 33.8. The molecule has 3 N–H and O–H groups in total. The average molecular weight is 655 g/mol. The molecular weight excluding hydrogens is 604 g/mol. The topological polar surface area (TPSA) is 99.2 Å². The van der Waals surface area contributed by atoms with Crippen LogP contribution in [0.5, 0.6) is 11.5 Å². The fourth-order valence-electron chi connectivity index (χ4n) is 5.23. The molecule has 2 saturated heterocycles. The SMILES string of the molecule is CCC(O)COc1ccc(C(C)(C)c2ccc(OCC(O)CN(CC3CO3)c3ccccc3)cc2)cc1.c1ccc(NCC2CO2)cc1. The second-order valence-corrected chi connectivity index (χ2v) is 12.9. The molecule has 2 aliphatic heterocycles. The van der Waals surface area contributed by atoms with Gasteiger partial charge in [-0.3, -0.25) is 0 Å². The summed E-state index contributed by atoms with van der Waals surface area (Å²) in [5, 5.41) is 23.7. The van der Waals surface area contributed by atoms with Crippen LogP contribution in [-0.2, 0) is 14.9 Å². The number of epoxide rings is 2. The Morgan fingerprint density at radius 2 is 1.23 bits per heavy atom. The highest BCUT2D eigenvalue weighted by molar-refractivity contribution is 5.47. The summed E-state index contributed by atoms with van der Waals surface area (Å²) in [6.45, 7) is 10.7. The van der Waals surface area contributed by atoms with E-state index < -0.39 is 12.2 Å². The minimum Gasteiger partial charge on any atom is -0.491 e. The van der Waals surface area contributed by atoms with Crippen molar-refractivity contribution in [3.05, 3.63) is 120 Å². The summed E-state index contributed by atoms with van der Waals surface area (Å²) < 4.78 is 22.1. The van der Waals surface area contributed by atoms with E-state index in [1.54, 1.807) is 0 Å². The minimum absolute atomic E-state index is 0.208. The summed E-state index contributed by atoms with van der Waals surface area (Å²) in [5.74, 6) is 1.48.